The number of allylic oxidation sites excluding steroid dienone is 2. The molecular formula is C21H22N2O. The maximum Gasteiger partial charge on any atom is 0.251 e. The van der Waals surface area contributed by atoms with Gasteiger partial charge in [0.1, 0.15) is 0 Å². The Bertz CT molecular complexity index is 782. The van der Waals surface area contributed by atoms with Gasteiger partial charge in [0, 0.05) is 23.7 Å². The van der Waals surface area contributed by atoms with Gasteiger partial charge in [-0.3, -0.25) is 4.79 Å². The SMILES string of the molecule is C[C@H](NC(=O)c1ccc2c(c1)C1C=CCC1CN2)c1ccccc1. The fourth-order valence-electron chi connectivity index (χ4n) is 3.76. The molecule has 1 amide bonds. The van der Waals surface area contributed by atoms with Crippen molar-refractivity contribution in [3.63, 3.8) is 0 Å². The molecule has 0 fully saturated rings. The van der Waals surface area contributed by atoms with E-state index in [1.165, 1.54) is 5.56 Å². The highest BCUT2D eigenvalue weighted by Gasteiger charge is 2.30. The Kier molecular flexibility index (Phi) is 3.85. The van der Waals surface area contributed by atoms with Crippen molar-refractivity contribution in [2.75, 3.05) is 11.9 Å². The first-order valence-electron chi connectivity index (χ1n) is 8.62. The Balaban J connectivity index is 1.55. The predicted octanol–water partition coefficient (Wildman–Crippen LogP) is 4.26. The van der Waals surface area contributed by atoms with Crippen LogP contribution in [0.1, 0.15) is 46.8 Å². The minimum atomic E-state index is -0.0155. The van der Waals surface area contributed by atoms with Crippen molar-refractivity contribution >= 4 is 11.6 Å². The van der Waals surface area contributed by atoms with Crippen LogP contribution >= 0.6 is 0 Å². The number of carbonyl (C=O) groups is 1. The third-order valence-electron chi connectivity index (χ3n) is 5.16. The molecule has 2 aromatic carbocycles. The van der Waals surface area contributed by atoms with E-state index in [-0.39, 0.29) is 11.9 Å². The average Bonchev–Trinajstić information content (AvgIpc) is 3.11. The van der Waals surface area contributed by atoms with Crippen LogP contribution in [-0.2, 0) is 0 Å². The Labute approximate surface area is 142 Å². The Morgan fingerprint density at radius 3 is 2.88 bits per heavy atom. The summed E-state index contributed by atoms with van der Waals surface area (Å²) in [5.41, 5.74) is 4.26. The van der Waals surface area contributed by atoms with Crippen LogP contribution < -0.4 is 10.6 Å². The van der Waals surface area contributed by atoms with Gasteiger partial charge in [0.05, 0.1) is 6.04 Å². The summed E-state index contributed by atoms with van der Waals surface area (Å²) in [4.78, 5) is 12.7. The van der Waals surface area contributed by atoms with Crippen LogP contribution in [0.15, 0.2) is 60.7 Å². The molecule has 122 valence electrons. The molecule has 4 rings (SSSR count). The third-order valence-corrected chi connectivity index (χ3v) is 5.16. The van der Waals surface area contributed by atoms with E-state index in [1.54, 1.807) is 0 Å². The standard InChI is InChI=1S/C21H22N2O/c1-14(15-6-3-2-4-7-15)23-21(24)16-10-11-20-19(12-16)18-9-5-8-17(18)13-22-20/h2-7,9-12,14,17-18,22H,8,13H2,1H3,(H,23,24)/t14-,17?,18?/m0/s1. The first kappa shape index (κ1) is 15.0. The molecule has 1 aliphatic carbocycles. The van der Waals surface area contributed by atoms with Crippen molar-refractivity contribution in [2.24, 2.45) is 5.92 Å². The zero-order chi connectivity index (χ0) is 16.5. The number of hydrogen-bond donors (Lipinski definition) is 2. The second kappa shape index (κ2) is 6.16. The lowest BCUT2D eigenvalue weighted by Crippen LogP contribution is -2.28. The average molecular weight is 318 g/mol. The minimum Gasteiger partial charge on any atom is -0.384 e. The van der Waals surface area contributed by atoms with Crippen LogP contribution in [0.3, 0.4) is 0 Å². The summed E-state index contributed by atoms with van der Waals surface area (Å²) in [5.74, 6) is 1.05. The third kappa shape index (κ3) is 2.71. The molecular weight excluding hydrogens is 296 g/mol. The highest BCUT2D eigenvalue weighted by Crippen LogP contribution is 2.41. The molecule has 0 spiro atoms. The maximum atomic E-state index is 12.7. The molecule has 2 unspecified atom stereocenters. The minimum absolute atomic E-state index is 0.00742. The summed E-state index contributed by atoms with van der Waals surface area (Å²) >= 11 is 0. The first-order chi connectivity index (χ1) is 11.7. The highest BCUT2D eigenvalue weighted by molar-refractivity contribution is 5.95. The highest BCUT2D eigenvalue weighted by atomic mass is 16.1. The van der Waals surface area contributed by atoms with Crippen molar-refractivity contribution in [3.05, 3.63) is 77.4 Å². The number of benzene rings is 2. The monoisotopic (exact) mass is 318 g/mol. The molecule has 0 aromatic heterocycles. The van der Waals surface area contributed by atoms with Gasteiger partial charge in [0.25, 0.3) is 5.91 Å². The Hall–Kier alpha value is -2.55. The number of fused-ring (bicyclic) bond motifs is 3. The molecule has 2 aliphatic rings. The van der Waals surface area contributed by atoms with E-state index >= 15 is 0 Å². The fraction of sp³-hybridized carbons (Fsp3) is 0.286. The molecule has 24 heavy (non-hydrogen) atoms. The van der Waals surface area contributed by atoms with Gasteiger partial charge in [-0.05, 0) is 48.6 Å². The van der Waals surface area contributed by atoms with Crippen molar-refractivity contribution in [1.29, 1.82) is 0 Å². The zero-order valence-corrected chi connectivity index (χ0v) is 13.8. The Morgan fingerprint density at radius 2 is 2.04 bits per heavy atom. The van der Waals surface area contributed by atoms with Crippen LogP contribution in [0.2, 0.25) is 0 Å². The van der Waals surface area contributed by atoms with Gasteiger partial charge in [-0.25, -0.2) is 0 Å². The summed E-state index contributed by atoms with van der Waals surface area (Å²) in [6.07, 6.45) is 5.67. The summed E-state index contributed by atoms with van der Waals surface area (Å²) in [6, 6.07) is 16.1. The number of hydrogen-bond acceptors (Lipinski definition) is 2. The molecule has 0 bridgehead atoms. The molecule has 1 heterocycles. The maximum absolute atomic E-state index is 12.7. The summed E-state index contributed by atoms with van der Waals surface area (Å²) in [5, 5.41) is 6.60. The lowest BCUT2D eigenvalue weighted by atomic mass is 9.84. The van der Waals surface area contributed by atoms with Gasteiger partial charge in [-0.2, -0.15) is 0 Å². The van der Waals surface area contributed by atoms with E-state index in [0.29, 0.717) is 11.8 Å². The topological polar surface area (TPSA) is 41.1 Å². The molecule has 0 radical (unpaired) electrons. The predicted molar refractivity (Wildman–Crippen MR) is 97.2 cm³/mol. The fourth-order valence-corrected chi connectivity index (χ4v) is 3.76. The normalized spacial score (nSPS) is 22.2. The number of anilines is 1. The Morgan fingerprint density at radius 1 is 1.21 bits per heavy atom. The van der Waals surface area contributed by atoms with Gasteiger partial charge in [-0.1, -0.05) is 42.5 Å². The number of nitrogens with one attached hydrogen (secondary N) is 2. The zero-order valence-electron chi connectivity index (χ0n) is 13.8. The molecule has 3 heteroatoms. The molecule has 0 saturated carbocycles. The van der Waals surface area contributed by atoms with Gasteiger partial charge < -0.3 is 10.6 Å². The summed E-state index contributed by atoms with van der Waals surface area (Å²) in [7, 11) is 0. The van der Waals surface area contributed by atoms with Gasteiger partial charge >= 0.3 is 0 Å². The largest absolute Gasteiger partial charge is 0.384 e. The van der Waals surface area contributed by atoms with Crippen LogP contribution in [-0.4, -0.2) is 12.5 Å². The van der Waals surface area contributed by atoms with E-state index in [1.807, 2.05) is 49.4 Å². The first-order valence-corrected chi connectivity index (χ1v) is 8.62. The van der Waals surface area contributed by atoms with Gasteiger partial charge in [0.15, 0.2) is 0 Å². The molecule has 2 N–H and O–H groups in total. The van der Waals surface area contributed by atoms with Crippen LogP contribution in [0.5, 0.6) is 0 Å². The number of amides is 1. The number of rotatable bonds is 3. The lowest BCUT2D eigenvalue weighted by molar-refractivity contribution is 0.0940. The van der Waals surface area contributed by atoms with E-state index < -0.39 is 0 Å². The van der Waals surface area contributed by atoms with Gasteiger partial charge in [0.2, 0.25) is 0 Å². The van der Waals surface area contributed by atoms with E-state index in [9.17, 15) is 4.79 Å². The van der Waals surface area contributed by atoms with E-state index in [0.717, 1.165) is 29.8 Å². The quantitative estimate of drug-likeness (QED) is 0.830. The van der Waals surface area contributed by atoms with E-state index in [4.69, 9.17) is 0 Å². The smallest absolute Gasteiger partial charge is 0.251 e. The molecule has 3 atom stereocenters. The lowest BCUT2D eigenvalue weighted by Gasteiger charge is -2.29. The van der Waals surface area contributed by atoms with Crippen molar-refractivity contribution in [3.8, 4) is 0 Å². The molecule has 2 aromatic rings. The second-order valence-corrected chi connectivity index (χ2v) is 6.74. The van der Waals surface area contributed by atoms with Crippen LogP contribution in [0.25, 0.3) is 0 Å². The molecule has 3 nitrogen and oxygen atoms in total. The summed E-state index contributed by atoms with van der Waals surface area (Å²) < 4.78 is 0. The van der Waals surface area contributed by atoms with E-state index in [2.05, 4.69) is 28.9 Å². The van der Waals surface area contributed by atoms with Gasteiger partial charge in [-0.15, -0.1) is 0 Å². The van der Waals surface area contributed by atoms with Crippen molar-refractivity contribution in [2.45, 2.75) is 25.3 Å². The number of carbonyl (C=O) groups excluding carboxylic acids is 1. The second-order valence-electron chi connectivity index (χ2n) is 6.74. The molecule has 0 saturated heterocycles. The van der Waals surface area contributed by atoms with Crippen molar-refractivity contribution < 1.29 is 4.79 Å². The summed E-state index contributed by atoms with van der Waals surface area (Å²) in [6.45, 7) is 3.03. The van der Waals surface area contributed by atoms with Crippen LogP contribution in [0, 0.1) is 5.92 Å². The van der Waals surface area contributed by atoms with Crippen LogP contribution in [0.4, 0.5) is 5.69 Å². The molecule has 1 aliphatic heterocycles. The van der Waals surface area contributed by atoms with Crippen molar-refractivity contribution in [1.82, 2.24) is 5.32 Å².